The lowest BCUT2D eigenvalue weighted by Gasteiger charge is -2.46. The number of piperidine rings is 2. The fourth-order valence-corrected chi connectivity index (χ4v) is 8.95. The van der Waals surface area contributed by atoms with E-state index < -0.39 is 21.3 Å². The first-order chi connectivity index (χ1) is 22.5. The zero-order chi connectivity index (χ0) is 33.3. The molecule has 3 aliphatic heterocycles. The molecule has 0 atom stereocenters. The van der Waals surface area contributed by atoms with E-state index >= 15 is 4.39 Å². The molecule has 0 aliphatic carbocycles. The lowest BCUT2D eigenvalue weighted by Crippen LogP contribution is -2.56. The van der Waals surface area contributed by atoms with E-state index in [4.69, 9.17) is 9.47 Å². The second-order valence-electron chi connectivity index (χ2n) is 14.1. The van der Waals surface area contributed by atoms with Crippen molar-refractivity contribution < 1.29 is 22.3 Å². The SMILES string of the molecule is CCN1CCC(N2CCN(C3CCN(c4c(S(=O)(=O)c5ccc(OC(C)(C)C)c(F)c5)cnc5ccc(OC)cc45)CC3)CC2)CC1. The van der Waals surface area contributed by atoms with E-state index in [-0.39, 0.29) is 15.5 Å². The first-order valence-corrected chi connectivity index (χ1v) is 18.6. The number of hydrogen-bond acceptors (Lipinski definition) is 9. The Kier molecular flexibility index (Phi) is 9.99. The summed E-state index contributed by atoms with van der Waals surface area (Å²) in [6.07, 6.45) is 5.84. The molecule has 3 fully saturated rings. The third-order valence-corrected chi connectivity index (χ3v) is 11.9. The summed E-state index contributed by atoms with van der Waals surface area (Å²) in [4.78, 5) is 14.6. The molecule has 9 nitrogen and oxygen atoms in total. The van der Waals surface area contributed by atoms with Crippen molar-refractivity contribution in [2.24, 2.45) is 0 Å². The molecule has 3 aliphatic rings. The normalized spacial score (nSPS) is 20.2. The molecule has 0 unspecified atom stereocenters. The number of hydrogen-bond donors (Lipinski definition) is 0. The van der Waals surface area contributed by atoms with E-state index in [1.165, 1.54) is 44.3 Å². The van der Waals surface area contributed by atoms with Crippen molar-refractivity contribution in [1.82, 2.24) is 19.7 Å². The number of rotatable bonds is 8. The van der Waals surface area contributed by atoms with Crippen LogP contribution in [0.2, 0.25) is 0 Å². The number of anilines is 1. The first kappa shape index (κ1) is 33.9. The Hall–Kier alpha value is -2.99. The van der Waals surface area contributed by atoms with E-state index in [1.54, 1.807) is 7.11 Å². The average Bonchev–Trinajstić information content (AvgIpc) is 3.08. The number of ether oxygens (including phenoxy) is 2. The van der Waals surface area contributed by atoms with Gasteiger partial charge in [0.2, 0.25) is 9.84 Å². The lowest BCUT2D eigenvalue weighted by atomic mass is 9.99. The van der Waals surface area contributed by atoms with Crippen LogP contribution >= 0.6 is 0 Å². The highest BCUT2D eigenvalue weighted by Crippen LogP contribution is 2.39. The molecule has 0 saturated carbocycles. The van der Waals surface area contributed by atoms with Gasteiger partial charge >= 0.3 is 0 Å². The third kappa shape index (κ3) is 7.38. The molecule has 47 heavy (non-hydrogen) atoms. The topological polar surface area (TPSA) is 78.5 Å². The maximum atomic E-state index is 15.2. The van der Waals surface area contributed by atoms with E-state index in [9.17, 15) is 8.42 Å². The minimum Gasteiger partial charge on any atom is -0.497 e. The summed E-state index contributed by atoms with van der Waals surface area (Å²) in [7, 11) is -2.53. The number of halogens is 1. The van der Waals surface area contributed by atoms with Crippen LogP contribution in [0.3, 0.4) is 0 Å². The third-order valence-electron chi connectivity index (χ3n) is 10.1. The van der Waals surface area contributed by atoms with Crippen LogP contribution in [-0.2, 0) is 9.84 Å². The first-order valence-electron chi connectivity index (χ1n) is 17.1. The van der Waals surface area contributed by atoms with Gasteiger partial charge in [0.25, 0.3) is 0 Å². The van der Waals surface area contributed by atoms with E-state index in [0.717, 1.165) is 51.6 Å². The lowest BCUT2D eigenvalue weighted by molar-refractivity contribution is 0.0384. The summed E-state index contributed by atoms with van der Waals surface area (Å²) >= 11 is 0. The number of aromatic nitrogens is 1. The molecule has 2 aromatic carbocycles. The van der Waals surface area contributed by atoms with Crippen LogP contribution in [0.5, 0.6) is 11.5 Å². The molecule has 6 rings (SSSR count). The molecule has 0 radical (unpaired) electrons. The number of piperazine rings is 1. The monoisotopic (exact) mass is 667 g/mol. The minimum atomic E-state index is -4.13. The van der Waals surface area contributed by atoms with Gasteiger partial charge in [-0.05, 0) is 102 Å². The number of likely N-dealkylation sites (tertiary alicyclic amines) is 1. The highest BCUT2D eigenvalue weighted by atomic mass is 32.2. The predicted octanol–water partition coefficient (Wildman–Crippen LogP) is 5.46. The maximum absolute atomic E-state index is 15.2. The Balaban J connectivity index is 1.22. The summed E-state index contributed by atoms with van der Waals surface area (Å²) < 4.78 is 54.9. The molecule has 1 aromatic heterocycles. The quantitative estimate of drug-likeness (QED) is 0.311. The highest BCUT2D eigenvalue weighted by molar-refractivity contribution is 7.91. The van der Waals surface area contributed by atoms with Crippen molar-refractivity contribution in [3.05, 3.63) is 48.4 Å². The standard InChI is InChI=1S/C36H50FN5O4S/c1-6-39-15-11-26(12-16-39)40-19-21-41(22-20-40)27-13-17-42(18-14-27)35-30-23-28(45-5)7-9-32(30)38-25-34(35)47(43,44)29-8-10-33(31(37)24-29)46-36(2,3)4/h7-10,23-27H,6,11-22H2,1-5H3. The van der Waals surface area contributed by atoms with Crippen molar-refractivity contribution >= 4 is 26.4 Å². The van der Waals surface area contributed by atoms with Crippen LogP contribution < -0.4 is 14.4 Å². The molecule has 0 amide bonds. The van der Waals surface area contributed by atoms with Crippen LogP contribution in [-0.4, -0.2) is 112 Å². The number of benzene rings is 2. The fourth-order valence-electron chi connectivity index (χ4n) is 7.50. The minimum absolute atomic E-state index is 0.0165. The molecule has 0 N–H and O–H groups in total. The molecule has 3 aromatic rings. The van der Waals surface area contributed by atoms with Gasteiger partial charge in [-0.15, -0.1) is 0 Å². The van der Waals surface area contributed by atoms with E-state index in [1.807, 2.05) is 39.0 Å². The van der Waals surface area contributed by atoms with Gasteiger partial charge in [0.1, 0.15) is 16.2 Å². The van der Waals surface area contributed by atoms with Crippen LogP contribution in [0, 0.1) is 5.82 Å². The van der Waals surface area contributed by atoms with Crippen molar-refractivity contribution in [2.45, 2.75) is 80.9 Å². The van der Waals surface area contributed by atoms with Gasteiger partial charge < -0.3 is 19.3 Å². The Morgan fingerprint density at radius 3 is 2.04 bits per heavy atom. The fraction of sp³-hybridized carbons (Fsp3) is 0.583. The number of fused-ring (bicyclic) bond motifs is 1. The molecule has 256 valence electrons. The van der Waals surface area contributed by atoms with Crippen molar-refractivity contribution in [1.29, 1.82) is 0 Å². The largest absolute Gasteiger partial charge is 0.497 e. The van der Waals surface area contributed by atoms with E-state index in [0.29, 0.717) is 47.5 Å². The van der Waals surface area contributed by atoms with Gasteiger partial charge in [-0.3, -0.25) is 14.8 Å². The van der Waals surface area contributed by atoms with Crippen LogP contribution in [0.1, 0.15) is 53.4 Å². The summed E-state index contributed by atoms with van der Waals surface area (Å²) in [5.74, 6) is -0.0777. The molecule has 3 saturated heterocycles. The molecular weight excluding hydrogens is 617 g/mol. The molecular formula is C36H50FN5O4S. The van der Waals surface area contributed by atoms with Gasteiger partial charge in [0.05, 0.1) is 23.2 Å². The Labute approximate surface area is 279 Å². The number of nitrogens with zero attached hydrogens (tertiary/aromatic N) is 5. The van der Waals surface area contributed by atoms with Gasteiger partial charge in [-0.25, -0.2) is 12.8 Å². The van der Waals surface area contributed by atoms with Crippen molar-refractivity contribution in [2.75, 3.05) is 70.9 Å². The van der Waals surface area contributed by atoms with Crippen LogP contribution in [0.15, 0.2) is 52.4 Å². The second kappa shape index (κ2) is 13.9. The predicted molar refractivity (Wildman–Crippen MR) is 184 cm³/mol. The summed E-state index contributed by atoms with van der Waals surface area (Å²) in [6.45, 7) is 17.1. The van der Waals surface area contributed by atoms with Crippen LogP contribution in [0.25, 0.3) is 10.9 Å². The van der Waals surface area contributed by atoms with E-state index in [2.05, 4.69) is 31.5 Å². The highest BCUT2D eigenvalue weighted by Gasteiger charge is 2.34. The van der Waals surface area contributed by atoms with Crippen molar-refractivity contribution in [3.63, 3.8) is 0 Å². The maximum Gasteiger partial charge on any atom is 0.210 e. The molecule has 11 heteroatoms. The smallest absolute Gasteiger partial charge is 0.210 e. The Morgan fingerprint density at radius 1 is 0.872 bits per heavy atom. The molecule has 0 bridgehead atoms. The number of sulfone groups is 1. The van der Waals surface area contributed by atoms with Crippen molar-refractivity contribution in [3.8, 4) is 11.5 Å². The summed E-state index contributed by atoms with van der Waals surface area (Å²) in [5.41, 5.74) is 0.663. The average molecular weight is 668 g/mol. The van der Waals surface area contributed by atoms with Gasteiger partial charge in [0.15, 0.2) is 11.6 Å². The zero-order valence-corrected chi connectivity index (χ0v) is 29.4. The number of pyridine rings is 1. The Morgan fingerprint density at radius 2 is 1.49 bits per heavy atom. The second-order valence-corrected chi connectivity index (χ2v) is 16.0. The van der Waals surface area contributed by atoms with Gasteiger partial charge in [-0.1, -0.05) is 6.92 Å². The Bertz CT molecular complexity index is 1660. The van der Waals surface area contributed by atoms with Gasteiger partial charge in [-0.2, -0.15) is 0 Å². The van der Waals surface area contributed by atoms with Crippen LogP contribution in [0.4, 0.5) is 10.1 Å². The summed E-state index contributed by atoms with van der Waals surface area (Å²) in [5, 5.41) is 0.708. The van der Waals surface area contributed by atoms with Gasteiger partial charge in [0, 0.05) is 62.9 Å². The molecule has 0 spiro atoms. The number of methoxy groups -OCH3 is 1. The molecule has 4 heterocycles. The summed E-state index contributed by atoms with van der Waals surface area (Å²) in [6, 6.07) is 10.6. The zero-order valence-electron chi connectivity index (χ0n) is 28.5.